The monoisotopic (exact) mass is 997 g/mol. The molecule has 0 aliphatic carbocycles. The van der Waals surface area contributed by atoms with Crippen LogP contribution in [0.2, 0.25) is 0 Å². The normalized spacial score (nSPS) is 13.5. The average Bonchev–Trinajstić information content (AvgIpc) is 3.43. The molecule has 4 amide bonds. The zero-order valence-corrected chi connectivity index (χ0v) is 40.6. The molecule has 2 aliphatic rings. The summed E-state index contributed by atoms with van der Waals surface area (Å²) in [6, 6.07) is 48.8. The van der Waals surface area contributed by atoms with Crippen LogP contribution in [0, 0.1) is 12.8 Å². The topological polar surface area (TPSA) is 195 Å². The fourth-order valence-corrected chi connectivity index (χ4v) is 7.89. The molecule has 0 atom stereocenters. The number of hydrogen-bond acceptors (Lipinski definition) is 11. The van der Waals surface area contributed by atoms with Crippen LogP contribution in [-0.2, 0) is 0 Å². The van der Waals surface area contributed by atoms with Gasteiger partial charge in [-0.25, -0.2) is 19.4 Å². The standard InChI is InChI=1S/C31H29N3O5.C27H26N2O6/c1-22-7-16-29(32-21-22)38-26-14-12-25(13-15-26)37-28-17-19-34(20-18-28)31(36)39-27-10-8-24(9-11-27)33-30(35)23-5-3-2-4-6-23;30-25(20-4-2-1-3-5-20)28-22-8-12-24(13-9-22)35-27(33)29-16-14-19(15-17-29)18-34-23-10-6-21(7-11-23)26(31)32/h2-16,21,28H,17-20H2,1H3,(H,33,35);1-13,19H,14-18H2,(H,28,30)(H,31,32). The van der Waals surface area contributed by atoms with Crippen LogP contribution in [0.25, 0.3) is 0 Å². The van der Waals surface area contributed by atoms with Gasteiger partial charge in [-0.3, -0.25) is 9.59 Å². The summed E-state index contributed by atoms with van der Waals surface area (Å²) in [5, 5.41) is 14.6. The number of carboxylic acid groups (broad SMARTS) is 1. The Hall–Kier alpha value is -9.18. The molecule has 378 valence electrons. The molecule has 16 nitrogen and oxygen atoms in total. The summed E-state index contributed by atoms with van der Waals surface area (Å²) in [6.07, 6.45) is 3.93. The minimum Gasteiger partial charge on any atom is -0.493 e. The summed E-state index contributed by atoms with van der Waals surface area (Å²) < 4.78 is 28.7. The number of anilines is 2. The van der Waals surface area contributed by atoms with Gasteiger partial charge in [0.15, 0.2) is 0 Å². The van der Waals surface area contributed by atoms with Crippen LogP contribution in [0.5, 0.6) is 34.6 Å². The molecule has 16 heteroatoms. The highest BCUT2D eigenvalue weighted by atomic mass is 16.6. The highest BCUT2D eigenvalue weighted by Gasteiger charge is 2.27. The Morgan fingerprint density at radius 3 is 1.46 bits per heavy atom. The molecule has 2 aliphatic heterocycles. The van der Waals surface area contributed by atoms with Crippen molar-refractivity contribution in [2.45, 2.75) is 38.7 Å². The first-order valence-electron chi connectivity index (χ1n) is 24.2. The molecule has 2 saturated heterocycles. The second-order valence-corrected chi connectivity index (χ2v) is 17.5. The number of piperidine rings is 2. The summed E-state index contributed by atoms with van der Waals surface area (Å²) in [5.41, 5.74) is 3.65. The van der Waals surface area contributed by atoms with Gasteiger partial charge in [0.25, 0.3) is 11.8 Å². The van der Waals surface area contributed by atoms with Crippen LogP contribution >= 0.6 is 0 Å². The fourth-order valence-electron chi connectivity index (χ4n) is 7.89. The minimum atomic E-state index is -0.971. The molecule has 6 aromatic carbocycles. The van der Waals surface area contributed by atoms with Gasteiger partial charge in [-0.2, -0.15) is 0 Å². The van der Waals surface area contributed by atoms with Crippen molar-refractivity contribution in [1.29, 1.82) is 0 Å². The van der Waals surface area contributed by atoms with Crippen molar-refractivity contribution in [3.05, 3.63) is 198 Å². The molecule has 2 fully saturated rings. The molecule has 9 rings (SSSR count). The maximum Gasteiger partial charge on any atom is 0.415 e. The van der Waals surface area contributed by atoms with Gasteiger partial charge in [0.2, 0.25) is 5.88 Å². The number of aryl methyl sites for hydroxylation is 1. The second kappa shape index (κ2) is 25.3. The van der Waals surface area contributed by atoms with Gasteiger partial charge in [-0.15, -0.1) is 0 Å². The first kappa shape index (κ1) is 51.2. The lowest BCUT2D eigenvalue weighted by Gasteiger charge is -2.31. The average molecular weight is 998 g/mol. The SMILES string of the molecule is Cc1ccc(Oc2ccc(OC3CCN(C(=O)Oc4ccc(NC(=O)c5ccccc5)cc4)CC3)cc2)nc1.O=C(O)c1ccc(OCC2CCN(C(=O)Oc3ccc(NC(=O)c4ccccc4)cc3)CC2)cc1. The zero-order valence-electron chi connectivity index (χ0n) is 40.6. The van der Waals surface area contributed by atoms with Gasteiger partial charge in [0, 0.05) is 73.8 Å². The summed E-state index contributed by atoms with van der Waals surface area (Å²) in [6.45, 7) is 4.69. The number of ether oxygens (including phenoxy) is 5. The zero-order chi connectivity index (χ0) is 51.7. The third kappa shape index (κ3) is 15.2. The Balaban J connectivity index is 0.000000198. The Bertz CT molecular complexity index is 2940. The van der Waals surface area contributed by atoms with Crippen LogP contribution in [0.15, 0.2) is 176 Å². The van der Waals surface area contributed by atoms with Crippen LogP contribution in [-0.4, -0.2) is 88.8 Å². The number of nitrogens with zero attached hydrogens (tertiary/aromatic N) is 3. The first-order chi connectivity index (χ1) is 36.0. The second-order valence-electron chi connectivity index (χ2n) is 17.5. The van der Waals surface area contributed by atoms with Crippen molar-refractivity contribution in [2.24, 2.45) is 5.92 Å². The third-order valence-electron chi connectivity index (χ3n) is 12.1. The lowest BCUT2D eigenvalue weighted by atomic mass is 9.98. The number of pyridine rings is 1. The fraction of sp³-hybridized carbons (Fsp3) is 0.207. The number of aromatic carboxylic acids is 1. The lowest BCUT2D eigenvalue weighted by Crippen LogP contribution is -2.43. The molecule has 7 aromatic rings. The molecule has 74 heavy (non-hydrogen) atoms. The summed E-state index contributed by atoms with van der Waals surface area (Å²) in [7, 11) is 0. The van der Waals surface area contributed by atoms with Crippen molar-refractivity contribution in [3.63, 3.8) is 0 Å². The first-order valence-corrected chi connectivity index (χ1v) is 24.2. The highest BCUT2D eigenvalue weighted by molar-refractivity contribution is 6.05. The highest BCUT2D eigenvalue weighted by Crippen LogP contribution is 2.27. The van der Waals surface area contributed by atoms with Crippen molar-refractivity contribution in [1.82, 2.24) is 14.8 Å². The van der Waals surface area contributed by atoms with E-state index in [-0.39, 0.29) is 23.5 Å². The molecule has 0 unspecified atom stereocenters. The number of benzene rings is 6. The number of likely N-dealkylation sites (tertiary alicyclic amines) is 2. The Morgan fingerprint density at radius 1 is 0.527 bits per heavy atom. The van der Waals surface area contributed by atoms with E-state index in [0.717, 1.165) is 24.2 Å². The van der Waals surface area contributed by atoms with Crippen molar-refractivity contribution < 1.29 is 52.8 Å². The van der Waals surface area contributed by atoms with E-state index in [4.69, 9.17) is 28.8 Å². The molecular formula is C58H55N5O11. The van der Waals surface area contributed by atoms with E-state index in [9.17, 15) is 24.0 Å². The van der Waals surface area contributed by atoms with Crippen molar-refractivity contribution in [2.75, 3.05) is 43.4 Å². The van der Waals surface area contributed by atoms with Gasteiger partial charge in [-0.1, -0.05) is 42.5 Å². The number of carbonyl (C=O) groups is 5. The molecule has 3 N–H and O–H groups in total. The van der Waals surface area contributed by atoms with Crippen LogP contribution in [0.4, 0.5) is 21.0 Å². The molecular weight excluding hydrogens is 943 g/mol. The van der Waals surface area contributed by atoms with E-state index < -0.39 is 18.2 Å². The minimum absolute atomic E-state index is 0.00657. The lowest BCUT2D eigenvalue weighted by molar-refractivity contribution is 0.0695. The van der Waals surface area contributed by atoms with E-state index in [1.807, 2.05) is 67.6 Å². The van der Waals surface area contributed by atoms with E-state index in [2.05, 4.69) is 15.6 Å². The van der Waals surface area contributed by atoms with Gasteiger partial charge in [-0.05, 0) is 153 Å². The van der Waals surface area contributed by atoms with Crippen molar-refractivity contribution in [3.8, 4) is 34.6 Å². The Labute approximate surface area is 428 Å². The van der Waals surface area contributed by atoms with Crippen molar-refractivity contribution >= 4 is 41.3 Å². The van der Waals surface area contributed by atoms with Gasteiger partial charge < -0.3 is 49.2 Å². The number of amides is 4. The molecule has 3 heterocycles. The molecule has 1 aromatic heterocycles. The number of hydrogen-bond donors (Lipinski definition) is 3. The largest absolute Gasteiger partial charge is 0.493 e. The number of carbonyl (C=O) groups excluding carboxylic acids is 4. The summed E-state index contributed by atoms with van der Waals surface area (Å²) in [5.74, 6) is 2.34. The number of rotatable bonds is 14. The van der Waals surface area contributed by atoms with E-state index in [0.29, 0.717) is 103 Å². The maximum atomic E-state index is 12.7. The number of nitrogens with one attached hydrogen (secondary N) is 2. The molecule has 0 saturated carbocycles. The van der Waals surface area contributed by atoms with E-state index >= 15 is 0 Å². The predicted molar refractivity (Wildman–Crippen MR) is 278 cm³/mol. The van der Waals surface area contributed by atoms with Crippen LogP contribution in [0.3, 0.4) is 0 Å². The van der Waals surface area contributed by atoms with Gasteiger partial charge in [0.05, 0.1) is 12.2 Å². The Kier molecular flexibility index (Phi) is 17.5. The molecule has 0 radical (unpaired) electrons. The molecule has 0 bridgehead atoms. The number of aromatic nitrogens is 1. The maximum absolute atomic E-state index is 12.7. The van der Waals surface area contributed by atoms with E-state index in [1.165, 1.54) is 12.1 Å². The quantitative estimate of drug-likeness (QED) is 0.0934. The summed E-state index contributed by atoms with van der Waals surface area (Å²) >= 11 is 0. The summed E-state index contributed by atoms with van der Waals surface area (Å²) in [4.78, 5) is 68.3. The Morgan fingerprint density at radius 2 is 0.986 bits per heavy atom. The van der Waals surface area contributed by atoms with Gasteiger partial charge >= 0.3 is 18.2 Å². The number of carboxylic acids is 1. The third-order valence-corrected chi connectivity index (χ3v) is 12.1. The van der Waals surface area contributed by atoms with Crippen LogP contribution in [0.1, 0.15) is 62.3 Å². The van der Waals surface area contributed by atoms with Gasteiger partial charge in [0.1, 0.15) is 34.9 Å². The predicted octanol–water partition coefficient (Wildman–Crippen LogP) is 11.4. The van der Waals surface area contributed by atoms with E-state index in [1.54, 1.807) is 113 Å². The molecule has 0 spiro atoms. The smallest absolute Gasteiger partial charge is 0.415 e. The van der Waals surface area contributed by atoms with Crippen LogP contribution < -0.4 is 34.3 Å².